The molecule has 7 heteroatoms. The Morgan fingerprint density at radius 2 is 2.24 bits per heavy atom. The molecule has 1 aromatic heterocycles. The highest BCUT2D eigenvalue weighted by atomic mass is 19.1. The summed E-state index contributed by atoms with van der Waals surface area (Å²) in [7, 11) is 1.85. The summed E-state index contributed by atoms with van der Waals surface area (Å²) in [4.78, 5) is 14.0. The van der Waals surface area contributed by atoms with Crippen LogP contribution < -0.4 is 5.32 Å². The molecule has 25 heavy (non-hydrogen) atoms. The number of halogens is 1. The zero-order chi connectivity index (χ0) is 18.6. The summed E-state index contributed by atoms with van der Waals surface area (Å²) in [5, 5.41) is 15.9. The number of nitrogens with zero attached hydrogens (tertiary/aromatic N) is 4. The highest BCUT2D eigenvalue weighted by molar-refractivity contribution is 5.74. The fourth-order valence-electron chi connectivity index (χ4n) is 2.57. The number of hydrogen-bond acceptors (Lipinski definition) is 3. The minimum absolute atomic E-state index is 0.138. The maximum atomic E-state index is 14.1. The maximum Gasteiger partial charge on any atom is 0.318 e. The van der Waals surface area contributed by atoms with Gasteiger partial charge in [-0.25, -0.2) is 9.18 Å². The van der Waals surface area contributed by atoms with Crippen LogP contribution in [0.15, 0.2) is 24.4 Å². The topological polar surface area (TPSA) is 74.0 Å². The quantitative estimate of drug-likeness (QED) is 0.907. The molecule has 0 aliphatic rings. The molecule has 0 radical (unpaired) electrons. The van der Waals surface area contributed by atoms with Crippen molar-refractivity contribution in [2.75, 3.05) is 6.54 Å². The Bertz CT molecular complexity index is 808. The van der Waals surface area contributed by atoms with E-state index in [0.29, 0.717) is 12.1 Å². The molecule has 1 aromatic carbocycles. The van der Waals surface area contributed by atoms with E-state index in [2.05, 4.69) is 10.4 Å². The third-order valence-corrected chi connectivity index (χ3v) is 4.29. The van der Waals surface area contributed by atoms with Crippen LogP contribution in [0, 0.1) is 24.1 Å². The molecule has 0 fully saturated rings. The number of rotatable bonds is 5. The van der Waals surface area contributed by atoms with Gasteiger partial charge >= 0.3 is 6.03 Å². The van der Waals surface area contributed by atoms with Crippen LogP contribution in [0.2, 0.25) is 0 Å². The Balaban J connectivity index is 2.08. The molecular formula is C18H22FN5O. The number of aromatic nitrogens is 2. The molecule has 132 valence electrons. The molecule has 1 heterocycles. The number of amides is 2. The first-order chi connectivity index (χ1) is 11.9. The second kappa shape index (κ2) is 7.79. The summed E-state index contributed by atoms with van der Waals surface area (Å²) in [6, 6.07) is 5.68. The first-order valence-electron chi connectivity index (χ1n) is 8.09. The van der Waals surface area contributed by atoms with Crippen LogP contribution in [0.1, 0.15) is 42.3 Å². The predicted octanol–water partition coefficient (Wildman–Crippen LogP) is 3.03. The number of nitrogens with one attached hydrogen (secondary N) is 1. The van der Waals surface area contributed by atoms with Gasteiger partial charge in [0.1, 0.15) is 5.82 Å². The molecule has 0 aliphatic carbocycles. The second-order valence-corrected chi connectivity index (χ2v) is 5.91. The van der Waals surface area contributed by atoms with Crippen molar-refractivity contribution in [2.24, 2.45) is 7.05 Å². The van der Waals surface area contributed by atoms with Gasteiger partial charge in [-0.1, -0.05) is 6.07 Å². The fraction of sp³-hybridized carbons (Fsp3) is 0.389. The standard InChI is InChI=1S/C18H22FN5O/c1-5-24(11-15-7-6-14(9-20)8-17(15)19)18(25)22-12(2)16-10-21-23(4)13(16)3/h6-8,10,12H,5,11H2,1-4H3,(H,22,25). The molecular weight excluding hydrogens is 321 g/mol. The molecule has 2 rings (SSSR count). The van der Waals surface area contributed by atoms with Gasteiger partial charge in [0.15, 0.2) is 0 Å². The first kappa shape index (κ1) is 18.5. The molecule has 2 aromatic rings. The zero-order valence-electron chi connectivity index (χ0n) is 14.9. The van der Waals surface area contributed by atoms with Crippen LogP contribution in [-0.2, 0) is 13.6 Å². The number of carbonyl (C=O) groups excluding carboxylic acids is 1. The van der Waals surface area contributed by atoms with Crippen molar-refractivity contribution in [3.8, 4) is 6.07 Å². The minimum Gasteiger partial charge on any atom is -0.331 e. The van der Waals surface area contributed by atoms with Crippen molar-refractivity contribution in [3.63, 3.8) is 0 Å². The van der Waals surface area contributed by atoms with Crippen molar-refractivity contribution in [2.45, 2.75) is 33.4 Å². The highest BCUT2D eigenvalue weighted by Crippen LogP contribution is 2.17. The SMILES string of the molecule is CCN(Cc1ccc(C#N)cc1F)C(=O)NC(C)c1cnn(C)c1C. The summed E-state index contributed by atoms with van der Waals surface area (Å²) in [6.07, 6.45) is 1.73. The van der Waals surface area contributed by atoms with Gasteiger partial charge in [0, 0.05) is 30.4 Å². The van der Waals surface area contributed by atoms with Gasteiger partial charge in [0.2, 0.25) is 0 Å². The minimum atomic E-state index is -0.485. The zero-order valence-corrected chi connectivity index (χ0v) is 14.9. The second-order valence-electron chi connectivity index (χ2n) is 5.91. The van der Waals surface area contributed by atoms with Gasteiger partial charge in [-0.05, 0) is 32.9 Å². The van der Waals surface area contributed by atoms with E-state index in [-0.39, 0.29) is 24.2 Å². The van der Waals surface area contributed by atoms with Gasteiger partial charge < -0.3 is 10.2 Å². The Morgan fingerprint density at radius 1 is 1.52 bits per heavy atom. The highest BCUT2D eigenvalue weighted by Gasteiger charge is 2.19. The lowest BCUT2D eigenvalue weighted by Crippen LogP contribution is -2.40. The van der Waals surface area contributed by atoms with Crippen LogP contribution in [0.25, 0.3) is 0 Å². The summed E-state index contributed by atoms with van der Waals surface area (Å²) in [6.45, 7) is 6.23. The first-order valence-corrected chi connectivity index (χ1v) is 8.09. The van der Waals surface area contributed by atoms with Gasteiger partial charge in [-0.15, -0.1) is 0 Å². The van der Waals surface area contributed by atoms with Crippen molar-refractivity contribution < 1.29 is 9.18 Å². The molecule has 0 saturated carbocycles. The molecule has 0 aliphatic heterocycles. The Morgan fingerprint density at radius 3 is 2.76 bits per heavy atom. The van der Waals surface area contributed by atoms with Crippen LogP contribution in [-0.4, -0.2) is 27.3 Å². The number of benzene rings is 1. The maximum absolute atomic E-state index is 14.1. The Labute approximate surface area is 146 Å². The number of urea groups is 1. The van der Waals surface area contributed by atoms with Gasteiger partial charge in [-0.2, -0.15) is 10.4 Å². The van der Waals surface area contributed by atoms with Gasteiger partial charge in [0.05, 0.1) is 30.4 Å². The summed E-state index contributed by atoms with van der Waals surface area (Å²) < 4.78 is 15.8. The number of hydrogen-bond donors (Lipinski definition) is 1. The largest absolute Gasteiger partial charge is 0.331 e. The average Bonchev–Trinajstić information content (AvgIpc) is 2.92. The Kier molecular flexibility index (Phi) is 5.75. The van der Waals surface area contributed by atoms with E-state index in [1.807, 2.05) is 33.9 Å². The van der Waals surface area contributed by atoms with Crippen molar-refractivity contribution in [3.05, 3.63) is 52.6 Å². The Hall–Kier alpha value is -2.88. The lowest BCUT2D eigenvalue weighted by atomic mass is 10.1. The van der Waals surface area contributed by atoms with Crippen LogP contribution in [0.4, 0.5) is 9.18 Å². The van der Waals surface area contributed by atoms with Crippen LogP contribution in [0.3, 0.4) is 0 Å². The molecule has 0 spiro atoms. The molecule has 6 nitrogen and oxygen atoms in total. The van der Waals surface area contributed by atoms with Gasteiger partial charge in [-0.3, -0.25) is 4.68 Å². The van der Waals surface area contributed by atoms with E-state index in [9.17, 15) is 9.18 Å². The fourth-order valence-corrected chi connectivity index (χ4v) is 2.57. The number of nitriles is 1. The lowest BCUT2D eigenvalue weighted by Gasteiger charge is -2.24. The lowest BCUT2D eigenvalue weighted by molar-refractivity contribution is 0.194. The van der Waals surface area contributed by atoms with Crippen LogP contribution in [0.5, 0.6) is 0 Å². The molecule has 1 N–H and O–H groups in total. The normalized spacial score (nSPS) is 11.7. The predicted molar refractivity (Wildman–Crippen MR) is 92.1 cm³/mol. The number of aryl methyl sites for hydroxylation is 1. The molecule has 0 bridgehead atoms. The number of carbonyl (C=O) groups is 1. The molecule has 1 unspecified atom stereocenters. The van der Waals surface area contributed by atoms with Crippen LogP contribution >= 0.6 is 0 Å². The molecule has 0 saturated heterocycles. The van der Waals surface area contributed by atoms with E-state index in [4.69, 9.17) is 5.26 Å². The van der Waals surface area contributed by atoms with Crippen molar-refractivity contribution in [1.29, 1.82) is 5.26 Å². The molecule has 2 amide bonds. The van der Waals surface area contributed by atoms with E-state index in [0.717, 1.165) is 11.3 Å². The van der Waals surface area contributed by atoms with E-state index in [1.54, 1.807) is 23.0 Å². The molecule has 1 atom stereocenters. The average molecular weight is 343 g/mol. The monoisotopic (exact) mass is 343 g/mol. The smallest absolute Gasteiger partial charge is 0.318 e. The van der Waals surface area contributed by atoms with Crippen molar-refractivity contribution in [1.82, 2.24) is 20.0 Å². The van der Waals surface area contributed by atoms with Crippen molar-refractivity contribution >= 4 is 6.03 Å². The van der Waals surface area contributed by atoms with E-state index in [1.165, 1.54) is 11.0 Å². The summed E-state index contributed by atoms with van der Waals surface area (Å²) >= 11 is 0. The summed E-state index contributed by atoms with van der Waals surface area (Å²) in [5.41, 5.74) is 2.56. The van der Waals surface area contributed by atoms with E-state index >= 15 is 0 Å². The summed E-state index contributed by atoms with van der Waals surface area (Å²) in [5.74, 6) is -0.485. The third kappa shape index (κ3) is 4.15. The third-order valence-electron chi connectivity index (χ3n) is 4.29. The van der Waals surface area contributed by atoms with E-state index < -0.39 is 5.82 Å². The van der Waals surface area contributed by atoms with Gasteiger partial charge in [0.25, 0.3) is 0 Å².